The molecule has 3 N–H and O–H groups in total. The van der Waals surface area contributed by atoms with Gasteiger partial charge in [-0.1, -0.05) is 6.92 Å². The Hall–Kier alpha value is -3.81. The number of nitrogens with one attached hydrogen (secondary N) is 1. The van der Waals surface area contributed by atoms with Crippen LogP contribution in [-0.2, 0) is 22.3 Å². The minimum Gasteiger partial charge on any atom is -0.383 e. The summed E-state index contributed by atoms with van der Waals surface area (Å²) in [5.41, 5.74) is 5.73. The maximum Gasteiger partial charge on any atom is 0.416 e. The number of benzene rings is 1. The molecule has 37 heavy (non-hydrogen) atoms. The molecule has 10 nitrogen and oxygen atoms in total. The summed E-state index contributed by atoms with van der Waals surface area (Å²) in [4.78, 5) is 44.3. The number of carbonyl (C=O) groups excluding carboxylic acids is 2. The number of aromatic nitrogens is 5. The molecule has 4 heterocycles. The second kappa shape index (κ2) is 9.25. The number of alkyl halides is 3. The molecule has 0 aliphatic carbocycles. The lowest BCUT2D eigenvalue weighted by Gasteiger charge is -2.24. The van der Waals surface area contributed by atoms with Gasteiger partial charge in [0.05, 0.1) is 28.9 Å². The maximum absolute atomic E-state index is 13.5. The summed E-state index contributed by atoms with van der Waals surface area (Å²) in [5, 5.41) is 3.11. The van der Waals surface area contributed by atoms with Crippen molar-refractivity contribution in [3.8, 4) is 0 Å². The molecule has 0 bridgehead atoms. The Morgan fingerprint density at radius 3 is 2.76 bits per heavy atom. The van der Waals surface area contributed by atoms with Gasteiger partial charge in [-0.15, -0.1) is 0 Å². The molecule has 192 valence electrons. The van der Waals surface area contributed by atoms with Crippen molar-refractivity contribution in [2.24, 2.45) is 5.92 Å². The Labute approximate surface area is 216 Å². The third-order valence-corrected chi connectivity index (χ3v) is 6.66. The van der Waals surface area contributed by atoms with Crippen LogP contribution in [0.15, 0.2) is 41.5 Å². The minimum atomic E-state index is -4.56. The van der Waals surface area contributed by atoms with Gasteiger partial charge in [-0.25, -0.2) is 15.0 Å². The van der Waals surface area contributed by atoms with E-state index in [1.54, 1.807) is 0 Å². The molecule has 0 radical (unpaired) electrons. The zero-order valence-electron chi connectivity index (χ0n) is 19.3. The standard InChI is InChI=1S/C23H20BrF3N8O2/c1-11-4-15(22(37)33-17-7-29-6-16(24)32-17)34(8-11)18(36)9-35-14-3-2-12(23(25,26)27)5-13(14)19-20(28)30-10-31-21(19)35/h2-3,5-7,10-11,15H,4,8-9H2,1H3,(H2,28,30,31)(H,32,33,37)/t11-,15+/m1/s1. The van der Waals surface area contributed by atoms with Crippen LogP contribution < -0.4 is 11.1 Å². The fourth-order valence-corrected chi connectivity index (χ4v) is 4.99. The molecule has 3 aromatic heterocycles. The first-order chi connectivity index (χ1) is 17.5. The first-order valence-corrected chi connectivity index (χ1v) is 12.0. The highest BCUT2D eigenvalue weighted by Gasteiger charge is 2.38. The van der Waals surface area contributed by atoms with Gasteiger partial charge in [0, 0.05) is 11.9 Å². The average molecular weight is 577 g/mol. The Balaban J connectivity index is 1.48. The van der Waals surface area contributed by atoms with Crippen molar-refractivity contribution in [1.29, 1.82) is 0 Å². The van der Waals surface area contributed by atoms with E-state index in [4.69, 9.17) is 5.73 Å². The maximum atomic E-state index is 13.5. The first-order valence-electron chi connectivity index (χ1n) is 11.2. The van der Waals surface area contributed by atoms with Gasteiger partial charge in [-0.3, -0.25) is 14.6 Å². The highest BCUT2D eigenvalue weighted by molar-refractivity contribution is 9.10. The lowest BCUT2D eigenvalue weighted by molar-refractivity contribution is -0.137. The van der Waals surface area contributed by atoms with Crippen LogP contribution in [0.3, 0.4) is 0 Å². The second-order valence-electron chi connectivity index (χ2n) is 8.89. The van der Waals surface area contributed by atoms with Crippen molar-refractivity contribution in [2.75, 3.05) is 17.6 Å². The van der Waals surface area contributed by atoms with Crippen molar-refractivity contribution >= 4 is 61.3 Å². The monoisotopic (exact) mass is 576 g/mol. The summed E-state index contributed by atoms with van der Waals surface area (Å²) in [7, 11) is 0. The van der Waals surface area contributed by atoms with Crippen molar-refractivity contribution in [3.05, 3.63) is 47.1 Å². The van der Waals surface area contributed by atoms with E-state index in [2.05, 4.69) is 41.2 Å². The van der Waals surface area contributed by atoms with Gasteiger partial charge in [-0.05, 0) is 46.5 Å². The van der Waals surface area contributed by atoms with E-state index in [-0.39, 0.29) is 46.4 Å². The van der Waals surface area contributed by atoms with E-state index in [1.807, 2.05) is 6.92 Å². The molecule has 14 heteroatoms. The summed E-state index contributed by atoms with van der Waals surface area (Å²) >= 11 is 3.20. The van der Waals surface area contributed by atoms with Gasteiger partial charge in [0.1, 0.15) is 35.0 Å². The smallest absolute Gasteiger partial charge is 0.383 e. The molecule has 0 unspecified atom stereocenters. The van der Waals surface area contributed by atoms with Gasteiger partial charge in [0.25, 0.3) is 0 Å². The molecule has 0 saturated carbocycles. The quantitative estimate of drug-likeness (QED) is 0.379. The Bertz CT molecular complexity index is 1540. The van der Waals surface area contributed by atoms with Crippen LogP contribution in [0.5, 0.6) is 0 Å². The predicted octanol–water partition coefficient (Wildman–Crippen LogP) is 3.61. The van der Waals surface area contributed by atoms with E-state index >= 15 is 0 Å². The highest BCUT2D eigenvalue weighted by Crippen LogP contribution is 2.36. The van der Waals surface area contributed by atoms with Crippen LogP contribution in [0, 0.1) is 5.92 Å². The number of anilines is 2. The summed E-state index contributed by atoms with van der Waals surface area (Å²) in [6, 6.07) is 2.45. The van der Waals surface area contributed by atoms with Crippen LogP contribution >= 0.6 is 15.9 Å². The number of carbonyl (C=O) groups is 2. The van der Waals surface area contributed by atoms with Gasteiger partial charge >= 0.3 is 6.18 Å². The molecule has 5 rings (SSSR count). The van der Waals surface area contributed by atoms with Gasteiger partial charge in [-0.2, -0.15) is 13.2 Å². The molecule has 1 saturated heterocycles. The van der Waals surface area contributed by atoms with E-state index in [0.717, 1.165) is 12.1 Å². The fourth-order valence-electron chi connectivity index (χ4n) is 4.68. The number of hydrogen-bond acceptors (Lipinski definition) is 7. The number of fused-ring (bicyclic) bond motifs is 3. The normalized spacial score (nSPS) is 18.0. The van der Waals surface area contributed by atoms with E-state index in [9.17, 15) is 22.8 Å². The van der Waals surface area contributed by atoms with Crippen molar-refractivity contribution in [3.63, 3.8) is 0 Å². The Morgan fingerprint density at radius 2 is 2.03 bits per heavy atom. The summed E-state index contributed by atoms with van der Waals surface area (Å²) in [6.45, 7) is 2.02. The topological polar surface area (TPSA) is 132 Å². The molecule has 1 aliphatic rings. The zero-order chi connectivity index (χ0) is 26.5. The summed E-state index contributed by atoms with van der Waals surface area (Å²) in [6.07, 6.45) is -0.0626. The second-order valence-corrected chi connectivity index (χ2v) is 9.70. The average Bonchev–Trinajstić information content (AvgIpc) is 3.37. The van der Waals surface area contributed by atoms with Crippen LogP contribution in [0.2, 0.25) is 0 Å². The molecule has 2 atom stereocenters. The number of amides is 2. The molecule has 1 fully saturated rings. The molecule has 1 aromatic carbocycles. The lowest BCUT2D eigenvalue weighted by atomic mass is 10.1. The minimum absolute atomic E-state index is 0.00250. The number of nitrogens with two attached hydrogens (primary N) is 1. The van der Waals surface area contributed by atoms with Crippen molar-refractivity contribution in [1.82, 2.24) is 29.4 Å². The number of halogens is 4. The van der Waals surface area contributed by atoms with E-state index < -0.39 is 23.7 Å². The van der Waals surface area contributed by atoms with E-state index in [0.29, 0.717) is 23.1 Å². The molecule has 4 aromatic rings. The fraction of sp³-hybridized carbons (Fsp3) is 0.304. The van der Waals surface area contributed by atoms with Gasteiger partial charge in [0.2, 0.25) is 11.8 Å². The number of hydrogen-bond donors (Lipinski definition) is 2. The third-order valence-electron chi connectivity index (χ3n) is 6.28. The van der Waals surface area contributed by atoms with E-state index in [1.165, 1.54) is 34.3 Å². The van der Waals surface area contributed by atoms with Crippen molar-refractivity contribution < 1.29 is 22.8 Å². The number of rotatable bonds is 4. The van der Waals surface area contributed by atoms with Gasteiger partial charge in [0.15, 0.2) is 5.82 Å². The summed E-state index contributed by atoms with van der Waals surface area (Å²) < 4.78 is 42.1. The molecule has 1 aliphatic heterocycles. The van der Waals surface area contributed by atoms with Gasteiger partial charge < -0.3 is 20.5 Å². The molecular formula is C23H20BrF3N8O2. The number of nitrogens with zero attached hydrogens (tertiary/aromatic N) is 6. The zero-order valence-corrected chi connectivity index (χ0v) is 20.9. The lowest BCUT2D eigenvalue weighted by Crippen LogP contribution is -2.44. The SMILES string of the molecule is C[C@@H]1C[C@@H](C(=O)Nc2cncc(Br)n2)N(C(=O)Cn2c3ccc(C(F)(F)F)cc3c3c(N)ncnc32)C1. The molecular weight excluding hydrogens is 557 g/mol. The molecule has 2 amide bonds. The Morgan fingerprint density at radius 1 is 1.24 bits per heavy atom. The summed E-state index contributed by atoms with van der Waals surface area (Å²) in [5.74, 6) is -0.503. The number of nitrogen functional groups attached to an aromatic ring is 1. The van der Waals surface area contributed by atoms with Crippen LogP contribution in [-0.4, -0.2) is 53.8 Å². The van der Waals surface area contributed by atoms with Crippen LogP contribution in [0.25, 0.3) is 21.9 Å². The highest BCUT2D eigenvalue weighted by atomic mass is 79.9. The van der Waals surface area contributed by atoms with Crippen LogP contribution in [0.1, 0.15) is 18.9 Å². The number of likely N-dealkylation sites (tertiary alicyclic amines) is 1. The predicted molar refractivity (Wildman–Crippen MR) is 132 cm³/mol. The third kappa shape index (κ3) is 4.68. The first kappa shape index (κ1) is 24.9. The Kier molecular flexibility index (Phi) is 6.22. The van der Waals surface area contributed by atoms with Crippen molar-refractivity contribution in [2.45, 2.75) is 32.1 Å². The largest absolute Gasteiger partial charge is 0.416 e. The molecule has 0 spiro atoms. The van der Waals surface area contributed by atoms with Crippen LogP contribution in [0.4, 0.5) is 24.8 Å².